The van der Waals surface area contributed by atoms with Gasteiger partial charge in [-0.1, -0.05) is 0 Å². The topological polar surface area (TPSA) is 85.7 Å². The molecule has 108 valence electrons. The lowest BCUT2D eigenvalue weighted by Crippen LogP contribution is -2.02. The number of carboxylic acid groups (broad SMARTS) is 1. The third-order valence-corrected chi connectivity index (χ3v) is 2.78. The van der Waals surface area contributed by atoms with Gasteiger partial charge in [-0.2, -0.15) is 0 Å². The van der Waals surface area contributed by atoms with Crippen molar-refractivity contribution in [3.8, 4) is 11.5 Å². The summed E-state index contributed by atoms with van der Waals surface area (Å²) in [5.74, 6) is -0.104. The minimum absolute atomic E-state index is 0.0847. The molecule has 0 spiro atoms. The van der Waals surface area contributed by atoms with Gasteiger partial charge in [-0.05, 0) is 24.3 Å². The van der Waals surface area contributed by atoms with Crippen molar-refractivity contribution in [1.29, 1.82) is 0 Å². The third-order valence-electron chi connectivity index (χ3n) is 2.78. The fourth-order valence-electron chi connectivity index (χ4n) is 1.72. The number of nitrogens with zero attached hydrogens (tertiary/aromatic N) is 1. The van der Waals surface area contributed by atoms with Crippen LogP contribution in [0.2, 0.25) is 0 Å². The second-order valence-electron chi connectivity index (χ2n) is 4.20. The standard InChI is InChI=1S/C15H13NO5/c1-20-13-2-3-14(12(5-13)8-17)21-9-10-4-11(15(18)19)7-16-6-10/h2-8H,9H2,1H3,(H,18,19). The van der Waals surface area contributed by atoms with Gasteiger partial charge in [0.1, 0.15) is 18.1 Å². The van der Waals surface area contributed by atoms with Gasteiger partial charge in [-0.25, -0.2) is 4.79 Å². The van der Waals surface area contributed by atoms with Crippen LogP contribution in [-0.4, -0.2) is 29.5 Å². The van der Waals surface area contributed by atoms with E-state index < -0.39 is 5.97 Å². The molecule has 6 nitrogen and oxygen atoms in total. The van der Waals surface area contributed by atoms with Crippen molar-refractivity contribution in [1.82, 2.24) is 4.98 Å². The van der Waals surface area contributed by atoms with Gasteiger partial charge in [0.05, 0.1) is 18.2 Å². The van der Waals surface area contributed by atoms with Gasteiger partial charge in [0, 0.05) is 18.0 Å². The van der Waals surface area contributed by atoms with Crippen molar-refractivity contribution in [2.75, 3.05) is 7.11 Å². The van der Waals surface area contributed by atoms with Crippen molar-refractivity contribution in [2.24, 2.45) is 0 Å². The van der Waals surface area contributed by atoms with Crippen molar-refractivity contribution in [3.05, 3.63) is 53.3 Å². The molecule has 1 aromatic heterocycles. The van der Waals surface area contributed by atoms with E-state index in [-0.39, 0.29) is 12.2 Å². The fraction of sp³-hybridized carbons (Fsp3) is 0.133. The maximum absolute atomic E-state index is 11.0. The molecule has 6 heteroatoms. The lowest BCUT2D eigenvalue weighted by molar-refractivity contribution is 0.0696. The van der Waals surface area contributed by atoms with Gasteiger partial charge >= 0.3 is 5.97 Å². The Labute approximate surface area is 121 Å². The summed E-state index contributed by atoms with van der Waals surface area (Å²) in [7, 11) is 1.51. The summed E-state index contributed by atoms with van der Waals surface area (Å²) in [5, 5.41) is 8.89. The number of rotatable bonds is 6. The van der Waals surface area contributed by atoms with E-state index in [1.165, 1.54) is 25.6 Å². The molecule has 1 aromatic carbocycles. The Kier molecular flexibility index (Phi) is 4.50. The molecule has 2 aromatic rings. The highest BCUT2D eigenvalue weighted by atomic mass is 16.5. The number of hydrogen-bond donors (Lipinski definition) is 1. The average Bonchev–Trinajstić information content (AvgIpc) is 2.53. The largest absolute Gasteiger partial charge is 0.497 e. The molecule has 0 amide bonds. The second kappa shape index (κ2) is 6.51. The number of ether oxygens (including phenoxy) is 2. The third kappa shape index (κ3) is 3.56. The summed E-state index contributed by atoms with van der Waals surface area (Å²) in [5.41, 5.74) is 1.04. The number of carbonyl (C=O) groups excluding carboxylic acids is 1. The van der Waals surface area contributed by atoms with E-state index in [1.807, 2.05) is 0 Å². The molecule has 0 unspecified atom stereocenters. The van der Waals surface area contributed by atoms with Crippen LogP contribution in [0.25, 0.3) is 0 Å². The molecular formula is C15H13NO5. The van der Waals surface area contributed by atoms with Crippen LogP contribution in [0.1, 0.15) is 26.3 Å². The molecule has 0 radical (unpaired) electrons. The second-order valence-corrected chi connectivity index (χ2v) is 4.20. The van der Waals surface area contributed by atoms with Crippen molar-refractivity contribution < 1.29 is 24.2 Å². The zero-order valence-corrected chi connectivity index (χ0v) is 11.3. The molecule has 0 aliphatic heterocycles. The Morgan fingerprint density at radius 1 is 1.33 bits per heavy atom. The normalized spacial score (nSPS) is 9.95. The van der Waals surface area contributed by atoms with Gasteiger partial charge in [-0.15, -0.1) is 0 Å². The zero-order chi connectivity index (χ0) is 15.2. The van der Waals surface area contributed by atoms with Gasteiger partial charge in [-0.3, -0.25) is 9.78 Å². The summed E-state index contributed by atoms with van der Waals surface area (Å²) in [6.45, 7) is 0.112. The van der Waals surface area contributed by atoms with E-state index in [4.69, 9.17) is 14.6 Å². The molecule has 0 bridgehead atoms. The zero-order valence-electron chi connectivity index (χ0n) is 11.3. The van der Waals surface area contributed by atoms with Crippen molar-refractivity contribution in [2.45, 2.75) is 6.61 Å². The number of benzene rings is 1. The first kappa shape index (κ1) is 14.5. The number of carboxylic acids is 1. The van der Waals surface area contributed by atoms with Gasteiger partial charge in [0.2, 0.25) is 0 Å². The molecule has 0 aliphatic carbocycles. The predicted octanol–water partition coefficient (Wildman–Crippen LogP) is 2.18. The fourth-order valence-corrected chi connectivity index (χ4v) is 1.72. The number of methoxy groups -OCH3 is 1. The minimum Gasteiger partial charge on any atom is -0.497 e. The average molecular weight is 287 g/mol. The summed E-state index contributed by atoms with van der Waals surface area (Å²) in [4.78, 5) is 25.7. The maximum atomic E-state index is 11.0. The highest BCUT2D eigenvalue weighted by molar-refractivity contribution is 5.87. The lowest BCUT2D eigenvalue weighted by atomic mass is 10.2. The lowest BCUT2D eigenvalue weighted by Gasteiger charge is -2.10. The van der Waals surface area contributed by atoms with Crippen molar-refractivity contribution in [3.63, 3.8) is 0 Å². The maximum Gasteiger partial charge on any atom is 0.337 e. The first-order chi connectivity index (χ1) is 10.1. The Morgan fingerprint density at radius 3 is 2.81 bits per heavy atom. The van der Waals surface area contributed by atoms with Gasteiger partial charge in [0.25, 0.3) is 0 Å². The van der Waals surface area contributed by atoms with E-state index in [0.29, 0.717) is 28.9 Å². The Bertz CT molecular complexity index is 669. The van der Waals surface area contributed by atoms with Crippen LogP contribution in [0.3, 0.4) is 0 Å². The number of aromatic carboxylic acids is 1. The molecule has 0 saturated heterocycles. The van der Waals surface area contributed by atoms with E-state index in [2.05, 4.69) is 4.98 Å². The molecule has 1 heterocycles. The molecule has 21 heavy (non-hydrogen) atoms. The van der Waals surface area contributed by atoms with E-state index >= 15 is 0 Å². The number of aldehydes is 1. The molecule has 1 N–H and O–H groups in total. The molecular weight excluding hydrogens is 274 g/mol. The van der Waals surface area contributed by atoms with Gasteiger partial charge < -0.3 is 14.6 Å². The summed E-state index contributed by atoms with van der Waals surface area (Å²) >= 11 is 0. The number of hydrogen-bond acceptors (Lipinski definition) is 5. The van der Waals surface area contributed by atoms with Crippen LogP contribution in [-0.2, 0) is 6.61 Å². The summed E-state index contributed by atoms with van der Waals surface area (Å²) in [6, 6.07) is 6.33. The first-order valence-electron chi connectivity index (χ1n) is 6.07. The van der Waals surface area contributed by atoms with Crippen LogP contribution in [0, 0.1) is 0 Å². The highest BCUT2D eigenvalue weighted by Crippen LogP contribution is 2.23. The first-order valence-corrected chi connectivity index (χ1v) is 6.07. The van der Waals surface area contributed by atoms with E-state index in [0.717, 1.165) is 0 Å². The van der Waals surface area contributed by atoms with Crippen LogP contribution in [0.4, 0.5) is 0 Å². The molecule has 0 aliphatic rings. The van der Waals surface area contributed by atoms with Gasteiger partial charge in [0.15, 0.2) is 6.29 Å². The number of pyridine rings is 1. The predicted molar refractivity (Wildman–Crippen MR) is 73.9 cm³/mol. The van der Waals surface area contributed by atoms with Crippen molar-refractivity contribution >= 4 is 12.3 Å². The molecule has 0 fully saturated rings. The molecule has 2 rings (SSSR count). The highest BCUT2D eigenvalue weighted by Gasteiger charge is 2.07. The van der Waals surface area contributed by atoms with E-state index in [1.54, 1.807) is 18.2 Å². The smallest absolute Gasteiger partial charge is 0.337 e. The molecule has 0 saturated carbocycles. The minimum atomic E-state index is -1.05. The summed E-state index contributed by atoms with van der Waals surface area (Å²) < 4.78 is 10.6. The summed E-state index contributed by atoms with van der Waals surface area (Å²) in [6.07, 6.45) is 3.44. The van der Waals surface area contributed by atoms with Crippen LogP contribution >= 0.6 is 0 Å². The number of aromatic nitrogens is 1. The SMILES string of the molecule is COc1ccc(OCc2cncc(C(=O)O)c2)c(C=O)c1. The number of carbonyl (C=O) groups is 2. The quantitative estimate of drug-likeness (QED) is 0.819. The van der Waals surface area contributed by atoms with Crippen LogP contribution < -0.4 is 9.47 Å². The Hall–Kier alpha value is -2.89. The monoisotopic (exact) mass is 287 g/mol. The van der Waals surface area contributed by atoms with E-state index in [9.17, 15) is 9.59 Å². The Balaban J connectivity index is 2.14. The van der Waals surface area contributed by atoms with Crippen LogP contribution in [0.15, 0.2) is 36.7 Å². The van der Waals surface area contributed by atoms with Crippen LogP contribution in [0.5, 0.6) is 11.5 Å². The molecule has 0 atom stereocenters. The Morgan fingerprint density at radius 2 is 2.14 bits per heavy atom.